The number of hydrogen-bond donors (Lipinski definition) is 1. The highest BCUT2D eigenvalue weighted by atomic mass is 32.1. The van der Waals surface area contributed by atoms with Crippen molar-refractivity contribution in [2.75, 3.05) is 0 Å². The zero-order valence-electron chi connectivity index (χ0n) is 11.1. The first-order valence-electron chi connectivity index (χ1n) is 6.28. The molecule has 2 aromatic heterocycles. The van der Waals surface area contributed by atoms with Crippen molar-refractivity contribution >= 4 is 17.1 Å². The van der Waals surface area contributed by atoms with Crippen molar-refractivity contribution in [3.63, 3.8) is 0 Å². The van der Waals surface area contributed by atoms with Gasteiger partial charge in [0, 0.05) is 17.3 Å². The van der Waals surface area contributed by atoms with Crippen LogP contribution in [0.15, 0.2) is 23.7 Å². The number of aromatic nitrogens is 2. The van der Waals surface area contributed by atoms with Crippen LogP contribution in [0.3, 0.4) is 0 Å². The molecule has 0 aliphatic heterocycles. The van der Waals surface area contributed by atoms with E-state index in [4.69, 9.17) is 5.73 Å². The fourth-order valence-electron chi connectivity index (χ4n) is 1.65. The molecule has 0 saturated carbocycles. The lowest BCUT2D eigenvalue weighted by molar-refractivity contribution is 0.0987. The standard InChI is InChI=1S/C14H17N3OS/c1-3-10-4-5-11(16-7-10)6-13(18)12-8-19-14(17-12)9(2)15/h4-5,7-9H,3,6,15H2,1-2H3. The highest BCUT2D eigenvalue weighted by Gasteiger charge is 2.13. The molecule has 100 valence electrons. The molecule has 5 heteroatoms. The van der Waals surface area contributed by atoms with Gasteiger partial charge in [0.05, 0.1) is 12.5 Å². The maximum atomic E-state index is 12.1. The molecule has 0 spiro atoms. The number of nitrogens with two attached hydrogens (primary N) is 1. The molecule has 0 aromatic carbocycles. The van der Waals surface area contributed by atoms with Crippen molar-refractivity contribution in [2.45, 2.75) is 32.7 Å². The Kier molecular flexibility index (Phi) is 4.39. The maximum absolute atomic E-state index is 12.1. The van der Waals surface area contributed by atoms with E-state index in [2.05, 4.69) is 16.9 Å². The molecular weight excluding hydrogens is 258 g/mol. The fourth-order valence-corrected chi connectivity index (χ4v) is 2.43. The Morgan fingerprint density at radius 3 is 2.79 bits per heavy atom. The molecule has 19 heavy (non-hydrogen) atoms. The lowest BCUT2D eigenvalue weighted by Crippen LogP contribution is -2.08. The van der Waals surface area contributed by atoms with Gasteiger partial charge in [-0.05, 0) is 25.0 Å². The van der Waals surface area contributed by atoms with Gasteiger partial charge in [-0.15, -0.1) is 11.3 Å². The number of aryl methyl sites for hydroxylation is 1. The molecule has 1 unspecified atom stereocenters. The van der Waals surface area contributed by atoms with Crippen LogP contribution in [0, 0.1) is 0 Å². The summed E-state index contributed by atoms with van der Waals surface area (Å²) in [6.45, 7) is 3.94. The minimum Gasteiger partial charge on any atom is -0.322 e. The number of thiazole rings is 1. The van der Waals surface area contributed by atoms with Gasteiger partial charge in [0.15, 0.2) is 5.78 Å². The number of ketones is 1. The van der Waals surface area contributed by atoms with Crippen molar-refractivity contribution < 1.29 is 4.79 Å². The summed E-state index contributed by atoms with van der Waals surface area (Å²) in [6, 6.07) is 3.77. The average Bonchev–Trinajstić information content (AvgIpc) is 2.89. The third-order valence-electron chi connectivity index (χ3n) is 2.83. The minimum absolute atomic E-state index is 0.0140. The maximum Gasteiger partial charge on any atom is 0.187 e. The Balaban J connectivity index is 2.06. The van der Waals surface area contributed by atoms with E-state index in [1.807, 2.05) is 25.3 Å². The van der Waals surface area contributed by atoms with Crippen LogP contribution in [-0.2, 0) is 12.8 Å². The molecule has 2 aromatic rings. The summed E-state index contributed by atoms with van der Waals surface area (Å²) in [7, 11) is 0. The van der Waals surface area contributed by atoms with Crippen LogP contribution < -0.4 is 5.73 Å². The second kappa shape index (κ2) is 6.04. The van der Waals surface area contributed by atoms with Gasteiger partial charge in [0.25, 0.3) is 0 Å². The van der Waals surface area contributed by atoms with E-state index in [1.54, 1.807) is 5.38 Å². The molecule has 0 aliphatic carbocycles. The van der Waals surface area contributed by atoms with E-state index in [9.17, 15) is 4.79 Å². The van der Waals surface area contributed by atoms with Crippen LogP contribution in [0.25, 0.3) is 0 Å². The summed E-state index contributed by atoms with van der Waals surface area (Å²) in [4.78, 5) is 20.6. The zero-order chi connectivity index (χ0) is 13.8. The number of hydrogen-bond acceptors (Lipinski definition) is 5. The van der Waals surface area contributed by atoms with Crippen LogP contribution in [-0.4, -0.2) is 15.8 Å². The van der Waals surface area contributed by atoms with E-state index in [-0.39, 0.29) is 18.2 Å². The summed E-state index contributed by atoms with van der Waals surface area (Å²) in [5.41, 5.74) is 8.17. The number of carbonyl (C=O) groups is 1. The van der Waals surface area contributed by atoms with Crippen LogP contribution in [0.5, 0.6) is 0 Å². The molecule has 0 radical (unpaired) electrons. The van der Waals surface area contributed by atoms with Crippen molar-refractivity contribution in [1.82, 2.24) is 9.97 Å². The summed E-state index contributed by atoms with van der Waals surface area (Å²) < 4.78 is 0. The molecule has 0 amide bonds. The Hall–Kier alpha value is -1.59. The normalized spacial score (nSPS) is 12.4. The quantitative estimate of drug-likeness (QED) is 0.851. The minimum atomic E-state index is -0.131. The van der Waals surface area contributed by atoms with Crippen LogP contribution >= 0.6 is 11.3 Å². The first kappa shape index (κ1) is 13.8. The van der Waals surface area contributed by atoms with Gasteiger partial charge >= 0.3 is 0 Å². The molecule has 4 nitrogen and oxygen atoms in total. The van der Waals surface area contributed by atoms with Crippen molar-refractivity contribution in [1.29, 1.82) is 0 Å². The molecule has 1 atom stereocenters. The molecular formula is C14H17N3OS. The first-order valence-corrected chi connectivity index (χ1v) is 7.16. The van der Waals surface area contributed by atoms with Gasteiger partial charge in [0.2, 0.25) is 0 Å². The summed E-state index contributed by atoms with van der Waals surface area (Å²) in [5, 5.41) is 2.55. The van der Waals surface area contributed by atoms with Gasteiger partial charge in [-0.25, -0.2) is 4.98 Å². The molecule has 0 bridgehead atoms. The number of nitrogens with zero attached hydrogens (tertiary/aromatic N) is 2. The fraction of sp³-hybridized carbons (Fsp3) is 0.357. The predicted molar refractivity (Wildman–Crippen MR) is 76.4 cm³/mol. The van der Waals surface area contributed by atoms with Crippen molar-refractivity contribution in [3.8, 4) is 0 Å². The predicted octanol–water partition coefficient (Wildman–Crippen LogP) is 2.55. The molecule has 2 rings (SSSR count). The molecule has 0 fully saturated rings. The largest absolute Gasteiger partial charge is 0.322 e. The first-order chi connectivity index (χ1) is 9.10. The molecule has 0 saturated heterocycles. The average molecular weight is 275 g/mol. The van der Waals surface area contributed by atoms with E-state index in [0.29, 0.717) is 5.69 Å². The second-order valence-corrected chi connectivity index (χ2v) is 5.36. The van der Waals surface area contributed by atoms with E-state index in [0.717, 1.165) is 17.1 Å². The number of rotatable bonds is 5. The third-order valence-corrected chi connectivity index (χ3v) is 3.88. The number of carbonyl (C=O) groups excluding carboxylic acids is 1. The van der Waals surface area contributed by atoms with E-state index in [1.165, 1.54) is 16.9 Å². The zero-order valence-corrected chi connectivity index (χ0v) is 11.9. The lowest BCUT2D eigenvalue weighted by atomic mass is 10.1. The lowest BCUT2D eigenvalue weighted by Gasteiger charge is -2.00. The monoisotopic (exact) mass is 275 g/mol. The Labute approximate surface area is 116 Å². The molecule has 2 heterocycles. The third kappa shape index (κ3) is 3.45. The topological polar surface area (TPSA) is 68.9 Å². The van der Waals surface area contributed by atoms with Crippen LogP contribution in [0.4, 0.5) is 0 Å². The number of Topliss-reactive ketones (excluding diaryl/α,β-unsaturated/α-hetero) is 1. The van der Waals surface area contributed by atoms with Gasteiger partial charge in [0.1, 0.15) is 10.7 Å². The molecule has 0 aliphatic rings. The summed E-state index contributed by atoms with van der Waals surface area (Å²) in [5.74, 6) is -0.0140. The van der Waals surface area contributed by atoms with Gasteiger partial charge in [-0.1, -0.05) is 13.0 Å². The second-order valence-electron chi connectivity index (χ2n) is 4.47. The van der Waals surface area contributed by atoms with Crippen LogP contribution in [0.1, 0.15) is 46.6 Å². The Morgan fingerprint density at radius 2 is 2.26 bits per heavy atom. The summed E-state index contributed by atoms with van der Waals surface area (Å²) in [6.07, 6.45) is 3.05. The molecule has 2 N–H and O–H groups in total. The van der Waals surface area contributed by atoms with E-state index >= 15 is 0 Å². The highest BCUT2D eigenvalue weighted by Crippen LogP contribution is 2.17. The van der Waals surface area contributed by atoms with Crippen molar-refractivity contribution in [3.05, 3.63) is 45.7 Å². The smallest absolute Gasteiger partial charge is 0.187 e. The Morgan fingerprint density at radius 1 is 1.47 bits per heavy atom. The SMILES string of the molecule is CCc1ccc(CC(=O)c2csc(C(C)N)n2)nc1. The number of pyridine rings is 1. The van der Waals surface area contributed by atoms with Gasteiger partial charge in [-0.2, -0.15) is 0 Å². The summed E-state index contributed by atoms with van der Waals surface area (Å²) >= 11 is 1.43. The Bertz CT molecular complexity index is 560. The highest BCUT2D eigenvalue weighted by molar-refractivity contribution is 7.09. The van der Waals surface area contributed by atoms with Crippen LogP contribution in [0.2, 0.25) is 0 Å². The van der Waals surface area contributed by atoms with Gasteiger partial charge in [-0.3, -0.25) is 9.78 Å². The van der Waals surface area contributed by atoms with Gasteiger partial charge < -0.3 is 5.73 Å². The van der Waals surface area contributed by atoms with Crippen molar-refractivity contribution in [2.24, 2.45) is 5.73 Å². The van der Waals surface area contributed by atoms with E-state index < -0.39 is 0 Å².